The third kappa shape index (κ3) is 4.79. The van der Waals surface area contributed by atoms with Crippen molar-refractivity contribution in [1.82, 2.24) is 9.47 Å². The van der Waals surface area contributed by atoms with Gasteiger partial charge in [0.2, 0.25) is 5.91 Å². The van der Waals surface area contributed by atoms with Crippen molar-refractivity contribution in [2.75, 3.05) is 13.1 Å². The number of ether oxygens (including phenoxy) is 1. The molecule has 1 aliphatic rings. The van der Waals surface area contributed by atoms with Crippen LogP contribution < -0.4 is 0 Å². The van der Waals surface area contributed by atoms with Gasteiger partial charge in [0.05, 0.1) is 22.9 Å². The Labute approximate surface area is 187 Å². The lowest BCUT2D eigenvalue weighted by Gasteiger charge is -2.35. The minimum absolute atomic E-state index is 0.0237. The number of benzene rings is 2. The van der Waals surface area contributed by atoms with Gasteiger partial charge in [-0.25, -0.2) is 8.42 Å². The summed E-state index contributed by atoms with van der Waals surface area (Å²) in [5.74, 6) is -0.186. The van der Waals surface area contributed by atoms with E-state index in [1.165, 1.54) is 0 Å². The van der Waals surface area contributed by atoms with Crippen LogP contribution in [0.3, 0.4) is 0 Å². The maximum Gasteiger partial charge on any atom is 0.242 e. The molecule has 2 atom stereocenters. The number of hydrogen-bond acceptors (Lipinski definition) is 4. The molecular formula is C23H25ClN2O4S. The molecule has 1 aliphatic heterocycles. The van der Waals surface area contributed by atoms with Gasteiger partial charge in [-0.3, -0.25) is 4.79 Å². The summed E-state index contributed by atoms with van der Waals surface area (Å²) in [5.41, 5.74) is 1.38. The molecule has 1 fully saturated rings. The fraction of sp³-hybridized carbons (Fsp3) is 0.348. The smallest absolute Gasteiger partial charge is 0.242 e. The highest BCUT2D eigenvalue weighted by molar-refractivity contribution is 7.90. The first-order chi connectivity index (χ1) is 14.7. The number of carbonyl (C=O) groups is 1. The van der Waals surface area contributed by atoms with E-state index >= 15 is 0 Å². The van der Waals surface area contributed by atoms with E-state index in [0.29, 0.717) is 29.1 Å². The van der Waals surface area contributed by atoms with Gasteiger partial charge in [0, 0.05) is 35.2 Å². The Balaban J connectivity index is 1.64. The lowest BCUT2D eigenvalue weighted by molar-refractivity contribution is -0.143. The highest BCUT2D eigenvalue weighted by Crippen LogP contribution is 2.28. The van der Waals surface area contributed by atoms with Gasteiger partial charge >= 0.3 is 0 Å². The molecule has 0 radical (unpaired) electrons. The molecule has 4 rings (SSSR count). The van der Waals surface area contributed by atoms with E-state index in [-0.39, 0.29) is 35.3 Å². The van der Waals surface area contributed by atoms with E-state index < -0.39 is 9.84 Å². The van der Waals surface area contributed by atoms with Crippen molar-refractivity contribution in [3.8, 4) is 0 Å². The molecular weight excluding hydrogens is 436 g/mol. The first kappa shape index (κ1) is 21.9. The van der Waals surface area contributed by atoms with E-state index in [1.807, 2.05) is 26.0 Å². The van der Waals surface area contributed by atoms with Gasteiger partial charge in [-0.2, -0.15) is 0 Å². The standard InChI is InChI=1S/C23H25ClN2O4S/c1-16-11-26(12-17(2)30-16)23(27)14-25-13-22(20-5-3-4-6-21(20)25)31(28,29)15-18-7-9-19(24)10-8-18/h3-10,13,16-17H,11-12,14-15H2,1-2H3/t16-,17-/m1/s1. The minimum atomic E-state index is -3.62. The molecule has 3 aromatic rings. The number of morpholine rings is 1. The number of aromatic nitrogens is 1. The quantitative estimate of drug-likeness (QED) is 0.579. The molecule has 0 bridgehead atoms. The van der Waals surface area contributed by atoms with Crippen molar-refractivity contribution < 1.29 is 17.9 Å². The third-order valence-corrected chi connectivity index (χ3v) is 7.40. The molecule has 0 N–H and O–H groups in total. The Morgan fingerprint density at radius 2 is 1.71 bits per heavy atom. The lowest BCUT2D eigenvalue weighted by atomic mass is 10.2. The molecule has 0 aliphatic carbocycles. The summed E-state index contributed by atoms with van der Waals surface area (Å²) in [6.07, 6.45) is 1.54. The third-order valence-electron chi connectivity index (χ3n) is 5.43. The zero-order valence-electron chi connectivity index (χ0n) is 17.5. The van der Waals surface area contributed by atoms with E-state index in [4.69, 9.17) is 16.3 Å². The van der Waals surface area contributed by atoms with Gasteiger partial charge in [-0.05, 0) is 37.6 Å². The van der Waals surface area contributed by atoms with Crippen molar-refractivity contribution in [2.45, 2.75) is 43.2 Å². The molecule has 6 nitrogen and oxygen atoms in total. The summed E-state index contributed by atoms with van der Waals surface area (Å²) in [7, 11) is -3.62. The number of hydrogen-bond donors (Lipinski definition) is 0. The molecule has 8 heteroatoms. The first-order valence-electron chi connectivity index (χ1n) is 10.2. The van der Waals surface area contributed by atoms with Crippen LogP contribution in [0.2, 0.25) is 5.02 Å². The number of nitrogens with zero attached hydrogens (tertiary/aromatic N) is 2. The maximum absolute atomic E-state index is 13.2. The van der Waals surface area contributed by atoms with Gasteiger partial charge in [0.25, 0.3) is 0 Å². The van der Waals surface area contributed by atoms with Crippen LogP contribution in [0.5, 0.6) is 0 Å². The monoisotopic (exact) mass is 460 g/mol. The van der Waals surface area contributed by atoms with Crippen LogP contribution in [0.25, 0.3) is 10.9 Å². The summed E-state index contributed by atoms with van der Waals surface area (Å²) in [6, 6.07) is 14.1. The summed E-state index contributed by atoms with van der Waals surface area (Å²) in [5, 5.41) is 1.18. The van der Waals surface area contributed by atoms with E-state index in [9.17, 15) is 13.2 Å². The molecule has 164 valence electrons. The number of halogens is 1. The highest BCUT2D eigenvalue weighted by Gasteiger charge is 2.27. The van der Waals surface area contributed by atoms with Crippen molar-refractivity contribution in [3.63, 3.8) is 0 Å². The van der Waals surface area contributed by atoms with Crippen molar-refractivity contribution in [3.05, 3.63) is 65.3 Å². The van der Waals surface area contributed by atoms with Gasteiger partial charge < -0.3 is 14.2 Å². The topological polar surface area (TPSA) is 68.6 Å². The van der Waals surface area contributed by atoms with Crippen molar-refractivity contribution >= 4 is 38.2 Å². The van der Waals surface area contributed by atoms with Crippen molar-refractivity contribution in [2.24, 2.45) is 0 Å². The zero-order chi connectivity index (χ0) is 22.2. The maximum atomic E-state index is 13.2. The number of rotatable bonds is 5. The Bertz CT molecular complexity index is 1190. The molecule has 2 aromatic carbocycles. The zero-order valence-corrected chi connectivity index (χ0v) is 19.1. The predicted molar refractivity (Wildman–Crippen MR) is 121 cm³/mol. The molecule has 1 amide bonds. The fourth-order valence-electron chi connectivity index (χ4n) is 4.10. The molecule has 0 spiro atoms. The molecule has 31 heavy (non-hydrogen) atoms. The van der Waals surface area contributed by atoms with E-state index in [0.717, 1.165) is 5.52 Å². The van der Waals surface area contributed by atoms with Crippen LogP contribution in [0, 0.1) is 0 Å². The number of carbonyl (C=O) groups excluding carboxylic acids is 1. The van der Waals surface area contributed by atoms with Crippen LogP contribution in [-0.4, -0.2) is 49.1 Å². The van der Waals surface area contributed by atoms with Gasteiger partial charge in [0.15, 0.2) is 9.84 Å². The first-order valence-corrected chi connectivity index (χ1v) is 12.2. The molecule has 0 saturated carbocycles. The van der Waals surface area contributed by atoms with Crippen LogP contribution >= 0.6 is 11.6 Å². The van der Waals surface area contributed by atoms with Gasteiger partial charge in [-0.15, -0.1) is 0 Å². The second kappa shape index (κ2) is 8.65. The van der Waals surface area contributed by atoms with Gasteiger partial charge in [0.1, 0.15) is 6.54 Å². The number of amides is 1. The van der Waals surface area contributed by atoms with Gasteiger partial charge in [-0.1, -0.05) is 41.9 Å². The average molecular weight is 461 g/mol. The number of sulfone groups is 1. The number of fused-ring (bicyclic) bond motifs is 1. The molecule has 0 unspecified atom stereocenters. The lowest BCUT2D eigenvalue weighted by Crippen LogP contribution is -2.49. The second-order valence-corrected chi connectivity index (χ2v) is 10.5. The Kier molecular flexibility index (Phi) is 6.10. The van der Waals surface area contributed by atoms with E-state index in [1.54, 1.807) is 52.1 Å². The summed E-state index contributed by atoms with van der Waals surface area (Å²) in [6.45, 7) is 5.04. The summed E-state index contributed by atoms with van der Waals surface area (Å²) >= 11 is 5.92. The number of para-hydroxylation sites is 1. The Hall–Kier alpha value is -2.35. The highest BCUT2D eigenvalue weighted by atomic mass is 35.5. The van der Waals surface area contributed by atoms with Crippen LogP contribution in [0.1, 0.15) is 19.4 Å². The van der Waals surface area contributed by atoms with Crippen LogP contribution in [0.15, 0.2) is 59.6 Å². The summed E-state index contributed by atoms with van der Waals surface area (Å²) in [4.78, 5) is 15.0. The normalized spacial score (nSPS) is 19.6. The SMILES string of the molecule is C[C@@H]1CN(C(=O)Cn2cc(S(=O)(=O)Cc3ccc(Cl)cc3)c3ccccc32)C[C@@H](C)O1. The Morgan fingerprint density at radius 3 is 2.39 bits per heavy atom. The molecule has 2 heterocycles. The summed E-state index contributed by atoms with van der Waals surface area (Å²) < 4.78 is 33.9. The molecule has 1 saturated heterocycles. The van der Waals surface area contributed by atoms with E-state index in [2.05, 4.69) is 0 Å². The fourth-order valence-corrected chi connectivity index (χ4v) is 5.81. The molecule has 1 aromatic heterocycles. The average Bonchev–Trinajstić information content (AvgIpc) is 3.08. The van der Waals surface area contributed by atoms with Crippen LogP contribution in [-0.2, 0) is 31.7 Å². The predicted octanol–water partition coefficient (Wildman–Crippen LogP) is 3.90. The minimum Gasteiger partial charge on any atom is -0.372 e. The largest absolute Gasteiger partial charge is 0.372 e. The Morgan fingerprint density at radius 1 is 1.06 bits per heavy atom. The van der Waals surface area contributed by atoms with Crippen LogP contribution in [0.4, 0.5) is 0 Å². The second-order valence-electron chi connectivity index (χ2n) is 8.08. The van der Waals surface area contributed by atoms with Crippen molar-refractivity contribution in [1.29, 1.82) is 0 Å².